The summed E-state index contributed by atoms with van der Waals surface area (Å²) < 4.78 is 45.5. The van der Waals surface area contributed by atoms with Crippen LogP contribution in [0.5, 0.6) is 5.75 Å². The second kappa shape index (κ2) is 9.35. The third-order valence-electron chi connectivity index (χ3n) is 4.71. The maximum atomic E-state index is 8.49. The third-order valence-corrected chi connectivity index (χ3v) is 4.71. The van der Waals surface area contributed by atoms with Gasteiger partial charge in [0.15, 0.2) is 0 Å². The molecule has 0 N–H and O–H groups in total. The number of ether oxygens (including phenoxy) is 1. The Balaban J connectivity index is 0.000000431. The lowest BCUT2D eigenvalue weighted by molar-refractivity contribution is -2.00. The van der Waals surface area contributed by atoms with Crippen LogP contribution >= 0.6 is 0 Å². The van der Waals surface area contributed by atoms with Gasteiger partial charge in [0.05, 0.1) is 30.7 Å². The number of hydrogen-bond donors (Lipinski definition) is 0. The molecule has 0 unspecified atom stereocenters. The number of aryl methyl sites for hydroxylation is 1. The highest BCUT2D eigenvalue weighted by molar-refractivity contribution is 5.73. The number of methoxy groups -OCH3 is 1. The van der Waals surface area contributed by atoms with E-state index < -0.39 is 10.2 Å². The summed E-state index contributed by atoms with van der Waals surface area (Å²) in [5.74, 6) is 2.98. The van der Waals surface area contributed by atoms with Crippen molar-refractivity contribution in [1.29, 1.82) is 0 Å². The Bertz CT molecular complexity index is 930. The molecule has 0 spiro atoms. The van der Waals surface area contributed by atoms with Gasteiger partial charge in [0.25, 0.3) is 0 Å². The van der Waals surface area contributed by atoms with E-state index >= 15 is 0 Å². The van der Waals surface area contributed by atoms with Crippen molar-refractivity contribution >= 4 is 0 Å². The van der Waals surface area contributed by atoms with Gasteiger partial charge in [0.2, 0.25) is 0 Å². The molecule has 0 radical (unpaired) electrons. The molecule has 2 aromatic carbocycles. The Morgan fingerprint density at radius 1 is 0.828 bits per heavy atom. The van der Waals surface area contributed by atoms with Gasteiger partial charge in [-0.25, -0.2) is 23.1 Å². The first-order valence-electron chi connectivity index (χ1n) is 9.15. The molecule has 0 saturated carbocycles. The van der Waals surface area contributed by atoms with E-state index in [1.54, 1.807) is 7.11 Å². The van der Waals surface area contributed by atoms with E-state index in [1.807, 2.05) is 18.2 Å². The minimum atomic E-state index is -4.94. The zero-order valence-corrected chi connectivity index (χ0v) is 16.7. The van der Waals surface area contributed by atoms with E-state index in [1.165, 1.54) is 29.5 Å². The SMILES string of the molecule is COc1ccc(-c2cc(-c3ccccc3)[o+]c3c2CCCC3)cc1.[O-][Cl+3]([O-])([O-])[O-]. The van der Waals surface area contributed by atoms with E-state index in [0.717, 1.165) is 35.7 Å². The zero-order chi connectivity index (χ0) is 20.9. The van der Waals surface area contributed by atoms with Gasteiger partial charge >= 0.3 is 11.5 Å². The highest BCUT2D eigenvalue weighted by Crippen LogP contribution is 2.36. The second-order valence-electron chi connectivity index (χ2n) is 6.61. The molecule has 0 atom stereocenters. The molecule has 152 valence electrons. The number of fused-ring (bicyclic) bond motifs is 1. The van der Waals surface area contributed by atoms with Crippen LogP contribution in [0.4, 0.5) is 0 Å². The zero-order valence-electron chi connectivity index (χ0n) is 15.9. The lowest BCUT2D eigenvalue weighted by Crippen LogP contribution is -2.68. The average Bonchev–Trinajstić information content (AvgIpc) is 2.72. The molecular weight excluding hydrogens is 396 g/mol. The summed E-state index contributed by atoms with van der Waals surface area (Å²) in [4.78, 5) is 0. The molecule has 0 aliphatic heterocycles. The Morgan fingerprint density at radius 3 is 2.07 bits per heavy atom. The lowest BCUT2D eigenvalue weighted by atomic mass is 9.89. The number of rotatable bonds is 3. The van der Waals surface area contributed by atoms with E-state index in [4.69, 9.17) is 27.8 Å². The van der Waals surface area contributed by atoms with Crippen molar-refractivity contribution in [2.24, 2.45) is 0 Å². The van der Waals surface area contributed by atoms with Crippen LogP contribution in [0.25, 0.3) is 22.5 Å². The van der Waals surface area contributed by atoms with Gasteiger partial charge in [-0.05, 0) is 49.1 Å². The molecule has 1 heterocycles. The van der Waals surface area contributed by atoms with Crippen LogP contribution in [0.2, 0.25) is 0 Å². The number of hydrogen-bond acceptors (Lipinski definition) is 5. The van der Waals surface area contributed by atoms with Crippen LogP contribution in [0, 0.1) is 10.2 Å². The Labute approximate surface area is 171 Å². The van der Waals surface area contributed by atoms with Crippen LogP contribution in [0.3, 0.4) is 0 Å². The molecule has 6 nitrogen and oxygen atoms in total. The van der Waals surface area contributed by atoms with Gasteiger partial charge < -0.3 is 4.74 Å². The quantitative estimate of drug-likeness (QED) is 0.589. The summed E-state index contributed by atoms with van der Waals surface area (Å²) in [6.45, 7) is 0. The summed E-state index contributed by atoms with van der Waals surface area (Å²) in [5.41, 5.74) is 5.01. The molecule has 1 aliphatic carbocycles. The normalized spacial score (nSPS) is 13.1. The maximum Gasteiger partial charge on any atom is 0.360 e. The minimum Gasteiger partial charge on any atom is -0.497 e. The highest BCUT2D eigenvalue weighted by Gasteiger charge is 2.27. The summed E-state index contributed by atoms with van der Waals surface area (Å²) in [6.07, 6.45) is 4.56. The smallest absolute Gasteiger partial charge is 0.360 e. The largest absolute Gasteiger partial charge is 0.497 e. The van der Waals surface area contributed by atoms with Crippen molar-refractivity contribution in [3.8, 4) is 28.2 Å². The molecule has 4 rings (SSSR count). The van der Waals surface area contributed by atoms with Gasteiger partial charge in [-0.2, -0.15) is 0 Å². The van der Waals surface area contributed by atoms with E-state index in [9.17, 15) is 0 Å². The molecule has 0 fully saturated rings. The van der Waals surface area contributed by atoms with Crippen LogP contribution in [-0.2, 0) is 12.8 Å². The Kier molecular flexibility index (Phi) is 6.84. The third kappa shape index (κ3) is 6.00. The average molecular weight is 417 g/mol. The Morgan fingerprint density at radius 2 is 1.45 bits per heavy atom. The van der Waals surface area contributed by atoms with Crippen LogP contribution in [0.15, 0.2) is 65.1 Å². The molecule has 3 aromatic rings. The van der Waals surface area contributed by atoms with Crippen molar-refractivity contribution in [2.75, 3.05) is 7.11 Å². The van der Waals surface area contributed by atoms with Gasteiger partial charge in [-0.15, -0.1) is 10.2 Å². The molecule has 0 amide bonds. The van der Waals surface area contributed by atoms with Gasteiger partial charge in [-0.3, -0.25) is 0 Å². The fourth-order valence-corrected chi connectivity index (χ4v) is 3.43. The molecule has 29 heavy (non-hydrogen) atoms. The standard InChI is InChI=1S/C22H21O2.ClHO4/c1-23-18-13-11-16(12-14-18)20-15-22(17-7-3-2-4-8-17)24-21-10-6-5-9-19(20)21;2-1(3,4)5/h2-4,7-8,11-15H,5-6,9-10H2,1H3;(H,2,3,4,5)/q+1;/p-1. The summed E-state index contributed by atoms with van der Waals surface area (Å²) >= 11 is 0. The summed E-state index contributed by atoms with van der Waals surface area (Å²) in [7, 11) is -3.24. The fourth-order valence-electron chi connectivity index (χ4n) is 3.43. The Hall–Kier alpha value is -2.48. The summed E-state index contributed by atoms with van der Waals surface area (Å²) in [6, 6.07) is 20.9. The van der Waals surface area contributed by atoms with Crippen molar-refractivity contribution in [3.63, 3.8) is 0 Å². The number of halogens is 1. The fraction of sp³-hybridized carbons (Fsp3) is 0.227. The van der Waals surface area contributed by atoms with Crippen molar-refractivity contribution in [3.05, 3.63) is 72.0 Å². The highest BCUT2D eigenvalue weighted by atomic mass is 35.7. The first kappa shape index (κ1) is 21.2. The minimum absolute atomic E-state index is 0.886. The van der Waals surface area contributed by atoms with Gasteiger partial charge in [0, 0.05) is 5.56 Å². The van der Waals surface area contributed by atoms with Crippen LogP contribution in [0.1, 0.15) is 24.2 Å². The monoisotopic (exact) mass is 416 g/mol. The maximum absolute atomic E-state index is 8.49. The van der Waals surface area contributed by atoms with E-state index in [2.05, 4.69) is 42.5 Å². The molecule has 1 aliphatic rings. The van der Waals surface area contributed by atoms with Crippen molar-refractivity contribution in [2.45, 2.75) is 25.7 Å². The molecule has 1 aromatic heterocycles. The molecule has 0 saturated heterocycles. The van der Waals surface area contributed by atoms with Crippen LogP contribution in [-0.4, -0.2) is 7.11 Å². The van der Waals surface area contributed by atoms with Crippen LogP contribution < -0.4 is 23.4 Å². The molecule has 0 bridgehead atoms. The second-order valence-corrected chi connectivity index (χ2v) is 7.36. The summed E-state index contributed by atoms with van der Waals surface area (Å²) in [5, 5.41) is 0. The van der Waals surface area contributed by atoms with Crippen molar-refractivity contribution in [1.82, 2.24) is 0 Å². The first-order chi connectivity index (χ1) is 13.8. The van der Waals surface area contributed by atoms with Crippen molar-refractivity contribution < 1.29 is 38.0 Å². The molecular formula is C22H21ClO6. The first-order valence-corrected chi connectivity index (χ1v) is 10.4. The predicted molar refractivity (Wildman–Crippen MR) is 97.2 cm³/mol. The van der Waals surface area contributed by atoms with E-state index in [0.29, 0.717) is 0 Å². The predicted octanol–water partition coefficient (Wildman–Crippen LogP) is 1.03. The topological polar surface area (TPSA) is 113 Å². The van der Waals surface area contributed by atoms with Gasteiger partial charge in [0.1, 0.15) is 5.75 Å². The lowest BCUT2D eigenvalue weighted by Gasteiger charge is -2.17. The number of benzene rings is 2. The molecule has 7 heteroatoms. The van der Waals surface area contributed by atoms with Gasteiger partial charge in [-0.1, -0.05) is 30.3 Å². The van der Waals surface area contributed by atoms with E-state index in [-0.39, 0.29) is 0 Å².